The Morgan fingerprint density at radius 3 is 2.76 bits per heavy atom. The summed E-state index contributed by atoms with van der Waals surface area (Å²) in [4.78, 5) is 37.6. The molecule has 0 spiro atoms. The summed E-state index contributed by atoms with van der Waals surface area (Å²) < 4.78 is 0. The second kappa shape index (κ2) is 8.64. The van der Waals surface area contributed by atoms with Crippen molar-refractivity contribution in [1.29, 1.82) is 0 Å². The molecule has 0 bridgehead atoms. The van der Waals surface area contributed by atoms with Gasteiger partial charge in [-0.3, -0.25) is 19.9 Å². The van der Waals surface area contributed by atoms with Gasteiger partial charge in [-0.25, -0.2) is 4.79 Å². The van der Waals surface area contributed by atoms with Gasteiger partial charge in [0.15, 0.2) is 10.9 Å². The van der Waals surface area contributed by atoms with E-state index in [1.807, 2.05) is 0 Å². The number of rotatable bonds is 6. The molecule has 3 amide bonds. The van der Waals surface area contributed by atoms with Gasteiger partial charge in [0.2, 0.25) is 5.91 Å². The quantitative estimate of drug-likeness (QED) is 0.334. The van der Waals surface area contributed by atoms with E-state index in [1.54, 1.807) is 24.3 Å². The monoisotopic (exact) mass is 360 g/mol. The van der Waals surface area contributed by atoms with Crippen molar-refractivity contribution in [3.63, 3.8) is 0 Å². The summed E-state index contributed by atoms with van der Waals surface area (Å²) in [5, 5.41) is 12.4. The zero-order valence-electron chi connectivity index (χ0n) is 13.1. The maximum atomic E-state index is 12.1. The molecule has 0 aliphatic heterocycles. The van der Waals surface area contributed by atoms with E-state index in [1.165, 1.54) is 6.08 Å². The molecule has 0 unspecified atom stereocenters. The van der Waals surface area contributed by atoms with E-state index in [2.05, 4.69) is 32.4 Å². The van der Waals surface area contributed by atoms with Crippen LogP contribution < -0.4 is 21.9 Å². The molecule has 5 N–H and O–H groups in total. The molecule has 130 valence electrons. The molecule has 9 nitrogen and oxygen atoms in total. The predicted molar refractivity (Wildman–Crippen MR) is 95.0 cm³/mol. The van der Waals surface area contributed by atoms with Gasteiger partial charge in [0.25, 0.3) is 5.56 Å². The predicted octanol–water partition coefficient (Wildman–Crippen LogP) is 0.518. The zero-order valence-corrected chi connectivity index (χ0v) is 13.9. The topological polar surface area (TPSA) is 143 Å². The van der Waals surface area contributed by atoms with Gasteiger partial charge in [0.1, 0.15) is 0 Å². The van der Waals surface area contributed by atoms with Crippen LogP contribution in [-0.2, 0) is 4.79 Å². The number of anilines is 1. The lowest BCUT2D eigenvalue weighted by Gasteiger charge is -2.05. The highest BCUT2D eigenvalue weighted by Gasteiger charge is 2.12. The maximum absolute atomic E-state index is 12.1. The molecular weight excluding hydrogens is 344 g/mol. The van der Waals surface area contributed by atoms with Gasteiger partial charge in [-0.2, -0.15) is 0 Å². The van der Waals surface area contributed by atoms with Crippen LogP contribution in [0.5, 0.6) is 0 Å². The molecule has 2 aromatic rings. The molecule has 0 saturated heterocycles. The number of H-pyrrole nitrogens is 1. The van der Waals surface area contributed by atoms with E-state index >= 15 is 0 Å². The van der Waals surface area contributed by atoms with E-state index in [-0.39, 0.29) is 23.1 Å². The minimum atomic E-state index is -0.625. The third-order valence-corrected chi connectivity index (χ3v) is 3.76. The van der Waals surface area contributed by atoms with Crippen molar-refractivity contribution >= 4 is 29.4 Å². The number of thioether (sulfide) groups is 1. The molecule has 1 aromatic heterocycles. The largest absolute Gasteiger partial charge is 0.398 e. The van der Waals surface area contributed by atoms with Crippen LogP contribution in [0.2, 0.25) is 0 Å². The zero-order chi connectivity index (χ0) is 18.2. The van der Waals surface area contributed by atoms with Crippen molar-refractivity contribution in [3.05, 3.63) is 47.3 Å². The van der Waals surface area contributed by atoms with Crippen LogP contribution in [0.15, 0.2) is 46.9 Å². The van der Waals surface area contributed by atoms with Gasteiger partial charge >= 0.3 is 6.03 Å². The van der Waals surface area contributed by atoms with Gasteiger partial charge < -0.3 is 11.1 Å². The molecule has 0 atom stereocenters. The first-order valence-electron chi connectivity index (χ1n) is 7.14. The van der Waals surface area contributed by atoms with Crippen molar-refractivity contribution in [2.75, 3.05) is 18.0 Å². The number of nitrogen functional groups attached to an aromatic ring is 1. The molecular formula is C15H16N6O3S. The van der Waals surface area contributed by atoms with Gasteiger partial charge in [-0.1, -0.05) is 36.0 Å². The van der Waals surface area contributed by atoms with Crippen LogP contribution in [0.1, 0.15) is 0 Å². The summed E-state index contributed by atoms with van der Waals surface area (Å²) in [6.07, 6.45) is 1.49. The summed E-state index contributed by atoms with van der Waals surface area (Å²) in [7, 11) is 0. The van der Waals surface area contributed by atoms with Crippen LogP contribution >= 0.6 is 11.8 Å². The van der Waals surface area contributed by atoms with Crippen molar-refractivity contribution in [2.24, 2.45) is 0 Å². The molecule has 0 aliphatic carbocycles. The lowest BCUT2D eigenvalue weighted by atomic mass is 10.1. The Balaban J connectivity index is 1.98. The number of aromatic nitrogens is 3. The number of carbonyl (C=O) groups excluding carboxylic acids is 2. The molecule has 0 saturated carbocycles. The fourth-order valence-corrected chi connectivity index (χ4v) is 2.39. The molecule has 10 heteroatoms. The number of imide groups is 1. The Morgan fingerprint density at radius 2 is 2.08 bits per heavy atom. The normalized spacial score (nSPS) is 10.1. The van der Waals surface area contributed by atoms with E-state index in [0.29, 0.717) is 11.3 Å². The number of nitrogens with one attached hydrogen (secondary N) is 3. The van der Waals surface area contributed by atoms with Gasteiger partial charge in [0, 0.05) is 17.8 Å². The Labute approximate surface area is 147 Å². The smallest absolute Gasteiger partial charge is 0.321 e. The number of urea groups is 1. The molecule has 1 aromatic carbocycles. The van der Waals surface area contributed by atoms with Crippen LogP contribution in [0.4, 0.5) is 10.5 Å². The van der Waals surface area contributed by atoms with E-state index < -0.39 is 17.5 Å². The fourth-order valence-electron chi connectivity index (χ4n) is 1.78. The average molecular weight is 360 g/mol. The van der Waals surface area contributed by atoms with Crippen LogP contribution in [-0.4, -0.2) is 39.4 Å². The first kappa shape index (κ1) is 18.2. The summed E-state index contributed by atoms with van der Waals surface area (Å²) in [5.41, 5.74) is 6.32. The standard InChI is InChI=1S/C15H16N6O3S/c1-2-7-17-14(24)18-11(22)8-25-15-19-13(23)12(20-21-15)9-5-3-4-6-10(9)16/h2-6H,1,7-8,16H2,(H,19,21,23)(H2,17,18,22,24). The maximum Gasteiger partial charge on any atom is 0.321 e. The number of nitrogens with zero attached hydrogens (tertiary/aromatic N) is 2. The molecule has 25 heavy (non-hydrogen) atoms. The second-order valence-corrected chi connectivity index (χ2v) is 5.69. The average Bonchev–Trinajstić information content (AvgIpc) is 2.59. The lowest BCUT2D eigenvalue weighted by molar-refractivity contribution is -0.117. The number of amides is 3. The van der Waals surface area contributed by atoms with Crippen molar-refractivity contribution in [2.45, 2.75) is 5.16 Å². The van der Waals surface area contributed by atoms with Crippen LogP contribution in [0.3, 0.4) is 0 Å². The third-order valence-electron chi connectivity index (χ3n) is 2.89. The molecule has 0 aliphatic rings. The third kappa shape index (κ3) is 5.18. The van der Waals surface area contributed by atoms with E-state index in [4.69, 9.17) is 5.73 Å². The Hall–Kier alpha value is -3.14. The summed E-state index contributed by atoms with van der Waals surface area (Å²) >= 11 is 0.944. The SMILES string of the molecule is C=CCNC(=O)NC(=O)CSc1nnc(-c2ccccc2N)c(=O)[nH]1. The molecule has 0 fully saturated rings. The Morgan fingerprint density at radius 1 is 1.32 bits per heavy atom. The highest BCUT2D eigenvalue weighted by molar-refractivity contribution is 7.99. The molecule has 2 rings (SSSR count). The Bertz CT molecular complexity index is 851. The van der Waals surface area contributed by atoms with Crippen LogP contribution in [0.25, 0.3) is 11.3 Å². The van der Waals surface area contributed by atoms with Crippen molar-refractivity contribution < 1.29 is 9.59 Å². The number of para-hydroxylation sites is 1. The number of benzene rings is 1. The number of carbonyl (C=O) groups is 2. The fraction of sp³-hybridized carbons (Fsp3) is 0.133. The summed E-state index contributed by atoms with van der Waals surface area (Å²) in [5.74, 6) is -0.649. The van der Waals surface area contributed by atoms with Crippen molar-refractivity contribution in [1.82, 2.24) is 25.8 Å². The number of nitrogens with two attached hydrogens (primary N) is 1. The van der Waals surface area contributed by atoms with Gasteiger partial charge in [-0.05, 0) is 6.07 Å². The van der Waals surface area contributed by atoms with Gasteiger partial charge in [0.05, 0.1) is 5.75 Å². The van der Waals surface area contributed by atoms with Gasteiger partial charge in [-0.15, -0.1) is 16.8 Å². The summed E-state index contributed by atoms with van der Waals surface area (Å²) in [6, 6.07) is 6.17. The molecule has 1 heterocycles. The Kier molecular flexibility index (Phi) is 6.29. The number of hydrogen-bond donors (Lipinski definition) is 4. The van der Waals surface area contributed by atoms with Crippen LogP contribution in [0, 0.1) is 0 Å². The first-order chi connectivity index (χ1) is 12.0. The highest BCUT2D eigenvalue weighted by Crippen LogP contribution is 2.20. The minimum Gasteiger partial charge on any atom is -0.398 e. The second-order valence-electron chi connectivity index (χ2n) is 4.73. The minimum absolute atomic E-state index is 0.0932. The number of hydrogen-bond acceptors (Lipinski definition) is 7. The first-order valence-corrected chi connectivity index (χ1v) is 8.13. The summed E-state index contributed by atoms with van der Waals surface area (Å²) in [6.45, 7) is 3.69. The van der Waals surface area contributed by atoms with Crippen molar-refractivity contribution in [3.8, 4) is 11.3 Å². The lowest BCUT2D eigenvalue weighted by Crippen LogP contribution is -2.40. The number of aromatic amines is 1. The van der Waals surface area contributed by atoms with E-state index in [0.717, 1.165) is 11.8 Å². The van der Waals surface area contributed by atoms with E-state index in [9.17, 15) is 14.4 Å². The highest BCUT2D eigenvalue weighted by atomic mass is 32.2. The molecule has 0 radical (unpaired) electrons.